The fraction of sp³-hybridized carbons (Fsp3) is 0.381. The molecule has 0 atom stereocenters. The van der Waals surface area contributed by atoms with Crippen molar-refractivity contribution in [2.75, 3.05) is 27.9 Å². The van der Waals surface area contributed by atoms with E-state index in [0.717, 1.165) is 0 Å². The molecule has 9 heteroatoms. The Hall–Kier alpha value is -3.49. The Morgan fingerprint density at radius 2 is 1.67 bits per heavy atom. The van der Waals surface area contributed by atoms with Gasteiger partial charge in [-0.2, -0.15) is 5.10 Å². The van der Waals surface area contributed by atoms with E-state index in [4.69, 9.17) is 18.9 Å². The second-order valence-electron chi connectivity index (χ2n) is 6.40. The molecule has 2 N–H and O–H groups in total. The number of H-pyrrole nitrogens is 1. The molecule has 0 fully saturated rings. The zero-order valence-corrected chi connectivity index (χ0v) is 18.3. The number of carbonyl (C=O) groups is 2. The molecule has 0 spiro atoms. The van der Waals surface area contributed by atoms with Crippen molar-refractivity contribution in [3.63, 3.8) is 0 Å². The van der Waals surface area contributed by atoms with Crippen LogP contribution in [0.25, 0.3) is 0 Å². The molecule has 0 unspecified atom stereocenters. The smallest absolute Gasteiger partial charge is 0.340 e. The number of amides is 1. The van der Waals surface area contributed by atoms with Gasteiger partial charge in [-0.05, 0) is 45.4 Å². The van der Waals surface area contributed by atoms with E-state index in [1.807, 2.05) is 0 Å². The van der Waals surface area contributed by atoms with Crippen LogP contribution in [0, 0.1) is 13.8 Å². The maximum absolute atomic E-state index is 12.6. The van der Waals surface area contributed by atoms with Crippen LogP contribution in [-0.2, 0) is 4.74 Å². The fourth-order valence-electron chi connectivity index (χ4n) is 3.09. The van der Waals surface area contributed by atoms with Crippen LogP contribution < -0.4 is 19.6 Å². The third-order valence-corrected chi connectivity index (χ3v) is 4.53. The number of nitrogens with zero attached hydrogens (tertiary/aromatic N) is 1. The van der Waals surface area contributed by atoms with Gasteiger partial charge in [0.05, 0.1) is 44.9 Å². The van der Waals surface area contributed by atoms with Crippen molar-refractivity contribution in [1.82, 2.24) is 10.4 Å². The number of aromatic nitrogens is 1. The Balaban J connectivity index is 2.29. The minimum atomic E-state index is -0.458. The number of ether oxygens (including phenoxy) is 4. The van der Waals surface area contributed by atoms with Crippen molar-refractivity contribution in [2.45, 2.75) is 27.7 Å². The van der Waals surface area contributed by atoms with Crippen LogP contribution in [0.5, 0.6) is 17.2 Å². The summed E-state index contributed by atoms with van der Waals surface area (Å²) in [5, 5.41) is 4.17. The number of aryl methyl sites for hydroxylation is 1. The maximum atomic E-state index is 12.6. The first-order valence-corrected chi connectivity index (χ1v) is 9.30. The number of rotatable bonds is 8. The Morgan fingerprint density at radius 3 is 2.17 bits per heavy atom. The highest BCUT2D eigenvalue weighted by Gasteiger charge is 2.21. The Morgan fingerprint density at radius 1 is 1.07 bits per heavy atom. The molecule has 0 aliphatic rings. The summed E-state index contributed by atoms with van der Waals surface area (Å²) in [5.74, 6) is 0.250. The van der Waals surface area contributed by atoms with Crippen LogP contribution in [0.1, 0.15) is 51.5 Å². The average Bonchev–Trinajstić information content (AvgIpc) is 3.04. The zero-order chi connectivity index (χ0) is 22.4. The van der Waals surface area contributed by atoms with E-state index in [-0.39, 0.29) is 12.2 Å². The lowest BCUT2D eigenvalue weighted by Crippen LogP contribution is -2.20. The predicted octanol–water partition coefficient (Wildman–Crippen LogP) is 2.99. The summed E-state index contributed by atoms with van der Waals surface area (Å²) in [4.78, 5) is 27.9. The van der Waals surface area contributed by atoms with E-state index in [0.29, 0.717) is 45.5 Å². The van der Waals surface area contributed by atoms with Crippen molar-refractivity contribution in [1.29, 1.82) is 0 Å². The van der Waals surface area contributed by atoms with Crippen molar-refractivity contribution >= 4 is 17.6 Å². The lowest BCUT2D eigenvalue weighted by Gasteiger charge is -2.13. The van der Waals surface area contributed by atoms with Crippen molar-refractivity contribution < 1.29 is 28.5 Å². The third-order valence-electron chi connectivity index (χ3n) is 4.53. The summed E-state index contributed by atoms with van der Waals surface area (Å²) >= 11 is 0. The van der Waals surface area contributed by atoms with Gasteiger partial charge in [-0.1, -0.05) is 0 Å². The number of aromatic amines is 1. The summed E-state index contributed by atoms with van der Waals surface area (Å²) in [6.07, 6.45) is 0. The van der Waals surface area contributed by atoms with Crippen LogP contribution in [0.15, 0.2) is 17.2 Å². The Labute approximate surface area is 175 Å². The number of carbonyl (C=O) groups excluding carboxylic acids is 2. The van der Waals surface area contributed by atoms with Crippen LogP contribution >= 0.6 is 0 Å². The maximum Gasteiger partial charge on any atom is 0.340 e. The summed E-state index contributed by atoms with van der Waals surface area (Å²) in [7, 11) is 4.43. The molecular formula is C21H27N3O6. The van der Waals surface area contributed by atoms with E-state index in [9.17, 15) is 9.59 Å². The average molecular weight is 417 g/mol. The fourth-order valence-corrected chi connectivity index (χ4v) is 3.09. The van der Waals surface area contributed by atoms with E-state index in [1.165, 1.54) is 33.5 Å². The molecule has 2 aromatic rings. The molecule has 2 rings (SSSR count). The van der Waals surface area contributed by atoms with Gasteiger partial charge in [-0.3, -0.25) is 4.79 Å². The molecule has 0 saturated heterocycles. The third kappa shape index (κ3) is 4.56. The monoisotopic (exact) mass is 417 g/mol. The molecule has 0 bridgehead atoms. The first kappa shape index (κ1) is 22.8. The molecule has 1 heterocycles. The van der Waals surface area contributed by atoms with E-state index < -0.39 is 11.9 Å². The molecule has 30 heavy (non-hydrogen) atoms. The first-order valence-electron chi connectivity index (χ1n) is 9.30. The Kier molecular flexibility index (Phi) is 7.46. The summed E-state index contributed by atoms with van der Waals surface area (Å²) < 4.78 is 20.9. The van der Waals surface area contributed by atoms with Gasteiger partial charge in [0.2, 0.25) is 5.75 Å². The van der Waals surface area contributed by atoms with Gasteiger partial charge >= 0.3 is 5.97 Å². The number of hydrogen-bond donors (Lipinski definition) is 2. The molecule has 1 amide bonds. The van der Waals surface area contributed by atoms with Crippen molar-refractivity contribution in [3.05, 3.63) is 40.2 Å². The van der Waals surface area contributed by atoms with Gasteiger partial charge in [0, 0.05) is 11.3 Å². The Bertz CT molecular complexity index is 952. The van der Waals surface area contributed by atoms with Crippen LogP contribution in [0.4, 0.5) is 0 Å². The molecule has 1 aromatic heterocycles. The second-order valence-corrected chi connectivity index (χ2v) is 6.40. The van der Waals surface area contributed by atoms with Gasteiger partial charge < -0.3 is 23.9 Å². The largest absolute Gasteiger partial charge is 0.493 e. The number of hydrazone groups is 1. The topological polar surface area (TPSA) is 111 Å². The summed E-state index contributed by atoms with van der Waals surface area (Å²) in [5.41, 5.74) is 5.78. The number of benzene rings is 1. The highest BCUT2D eigenvalue weighted by atomic mass is 16.5. The predicted molar refractivity (Wildman–Crippen MR) is 112 cm³/mol. The molecule has 9 nitrogen and oxygen atoms in total. The summed E-state index contributed by atoms with van der Waals surface area (Å²) in [6.45, 7) is 7.34. The van der Waals surface area contributed by atoms with Gasteiger partial charge in [0.25, 0.3) is 5.91 Å². The normalized spacial score (nSPS) is 11.1. The SMILES string of the molecule is CCOC(=O)c1c(C)[nH]c(C(C)=NNC(=O)c2cc(OC)c(OC)c(OC)c2)c1C. The van der Waals surface area contributed by atoms with Gasteiger partial charge in [0.1, 0.15) is 0 Å². The zero-order valence-electron chi connectivity index (χ0n) is 18.3. The van der Waals surface area contributed by atoms with Crippen LogP contribution in [0.3, 0.4) is 0 Å². The van der Waals surface area contributed by atoms with E-state index in [2.05, 4.69) is 15.5 Å². The van der Waals surface area contributed by atoms with Crippen LogP contribution in [-0.4, -0.2) is 50.5 Å². The van der Waals surface area contributed by atoms with Gasteiger partial charge in [0.15, 0.2) is 11.5 Å². The second kappa shape index (κ2) is 9.82. The summed E-state index contributed by atoms with van der Waals surface area (Å²) in [6, 6.07) is 3.06. The van der Waals surface area contributed by atoms with Crippen molar-refractivity contribution in [3.8, 4) is 17.2 Å². The van der Waals surface area contributed by atoms with Crippen molar-refractivity contribution in [2.24, 2.45) is 5.10 Å². The first-order chi connectivity index (χ1) is 14.3. The quantitative estimate of drug-likeness (QED) is 0.388. The number of methoxy groups -OCH3 is 3. The van der Waals surface area contributed by atoms with Gasteiger partial charge in [-0.25, -0.2) is 10.2 Å². The molecule has 162 valence electrons. The number of hydrogen-bond acceptors (Lipinski definition) is 7. The highest BCUT2D eigenvalue weighted by molar-refractivity contribution is 6.04. The molecule has 0 radical (unpaired) electrons. The highest BCUT2D eigenvalue weighted by Crippen LogP contribution is 2.38. The minimum Gasteiger partial charge on any atom is -0.493 e. The standard InChI is InChI=1S/C21H27N3O6/c1-8-30-21(26)17-11(2)18(22-12(17)3)13(4)23-24-20(25)14-9-15(27-5)19(29-7)16(10-14)28-6/h9-10,22H,8H2,1-7H3,(H,24,25). The van der Waals surface area contributed by atoms with Crippen LogP contribution in [0.2, 0.25) is 0 Å². The molecule has 0 aliphatic carbocycles. The molecule has 0 saturated carbocycles. The van der Waals surface area contributed by atoms with Gasteiger partial charge in [-0.15, -0.1) is 0 Å². The molecular weight excluding hydrogens is 390 g/mol. The van der Waals surface area contributed by atoms with E-state index in [1.54, 1.807) is 27.7 Å². The molecule has 0 aliphatic heterocycles. The van der Waals surface area contributed by atoms with E-state index >= 15 is 0 Å². The number of nitrogens with one attached hydrogen (secondary N) is 2. The lowest BCUT2D eigenvalue weighted by atomic mass is 10.1. The minimum absolute atomic E-state index is 0.285. The molecule has 1 aromatic carbocycles. The number of esters is 1. The lowest BCUT2D eigenvalue weighted by molar-refractivity contribution is 0.0524.